The van der Waals surface area contributed by atoms with Crippen LogP contribution in [0.2, 0.25) is 5.02 Å². The van der Waals surface area contributed by atoms with Crippen molar-refractivity contribution in [2.24, 2.45) is 5.16 Å². The van der Waals surface area contributed by atoms with E-state index < -0.39 is 0 Å². The highest BCUT2D eigenvalue weighted by Crippen LogP contribution is 2.17. The number of hydrogen-bond acceptors (Lipinski definition) is 4. The van der Waals surface area contributed by atoms with Gasteiger partial charge in [-0.15, -0.1) is 0 Å². The number of oxime groups is 1. The van der Waals surface area contributed by atoms with E-state index in [1.165, 1.54) is 0 Å². The summed E-state index contributed by atoms with van der Waals surface area (Å²) < 4.78 is 5.56. The second-order valence-electron chi connectivity index (χ2n) is 3.66. The summed E-state index contributed by atoms with van der Waals surface area (Å²) in [5.74, 6) is 0.766. The molecule has 6 heteroatoms. The lowest BCUT2D eigenvalue weighted by atomic mass is 10.2. The third kappa shape index (κ3) is 3.77. The Balaban J connectivity index is 1.75. The molecule has 0 aromatic heterocycles. The van der Waals surface area contributed by atoms with Gasteiger partial charge in [0, 0.05) is 11.4 Å². The predicted molar refractivity (Wildman–Crippen MR) is 67.7 cm³/mol. The quantitative estimate of drug-likeness (QED) is 0.840. The van der Waals surface area contributed by atoms with Crippen molar-refractivity contribution in [2.45, 2.75) is 12.5 Å². The Morgan fingerprint density at radius 3 is 2.88 bits per heavy atom. The predicted octanol–water partition coefficient (Wildman–Crippen LogP) is 2.61. The van der Waals surface area contributed by atoms with Gasteiger partial charge in [0.15, 0.2) is 6.10 Å². The molecule has 1 atom stereocenters. The molecule has 0 aliphatic carbocycles. The Morgan fingerprint density at radius 1 is 1.41 bits per heavy atom. The first-order valence-electron chi connectivity index (χ1n) is 5.21. The van der Waals surface area contributed by atoms with Gasteiger partial charge in [-0.2, -0.15) is 0 Å². The Kier molecular flexibility index (Phi) is 4.48. The van der Waals surface area contributed by atoms with Gasteiger partial charge >= 0.3 is 0 Å². The monoisotopic (exact) mass is 274 g/mol. The largest absolute Gasteiger partial charge is 0.490 e. The van der Waals surface area contributed by atoms with E-state index in [4.69, 9.17) is 33.0 Å². The average molecular weight is 275 g/mol. The van der Waals surface area contributed by atoms with Gasteiger partial charge < -0.3 is 9.57 Å². The number of hydrogen-bond donors (Lipinski definition) is 1. The number of benzene rings is 1. The fourth-order valence-electron chi connectivity index (χ4n) is 1.48. The fraction of sp³-hybridized carbons (Fsp3) is 0.364. The first kappa shape index (κ1) is 12.5. The molecule has 4 nitrogen and oxygen atoms in total. The van der Waals surface area contributed by atoms with E-state index >= 15 is 0 Å². The highest BCUT2D eigenvalue weighted by Gasteiger charge is 2.21. The SMILES string of the molecule is ClNCC1=NOC(COc2ccc(Cl)cc2)C1. The second kappa shape index (κ2) is 6.10. The molecule has 1 aliphatic rings. The van der Waals surface area contributed by atoms with Gasteiger partial charge in [0.05, 0.1) is 12.3 Å². The lowest BCUT2D eigenvalue weighted by Gasteiger charge is -2.10. The minimum absolute atomic E-state index is 0.0503. The lowest BCUT2D eigenvalue weighted by molar-refractivity contribution is 0.0471. The van der Waals surface area contributed by atoms with Crippen LogP contribution in [-0.2, 0) is 4.84 Å². The number of ether oxygens (including phenoxy) is 1. The number of nitrogens with zero attached hydrogens (tertiary/aromatic N) is 1. The van der Waals surface area contributed by atoms with Crippen LogP contribution in [0.25, 0.3) is 0 Å². The molecule has 0 saturated heterocycles. The zero-order chi connectivity index (χ0) is 12.1. The van der Waals surface area contributed by atoms with E-state index in [-0.39, 0.29) is 6.10 Å². The fourth-order valence-corrected chi connectivity index (χ4v) is 1.76. The first-order valence-corrected chi connectivity index (χ1v) is 5.97. The Labute approximate surface area is 110 Å². The van der Waals surface area contributed by atoms with Crippen molar-refractivity contribution in [3.63, 3.8) is 0 Å². The van der Waals surface area contributed by atoms with Crippen LogP contribution in [0.5, 0.6) is 5.75 Å². The summed E-state index contributed by atoms with van der Waals surface area (Å²) in [5.41, 5.74) is 0.893. The van der Waals surface area contributed by atoms with Crippen molar-refractivity contribution >= 4 is 29.1 Å². The summed E-state index contributed by atoms with van der Waals surface area (Å²) in [5, 5.41) is 4.59. The molecule has 1 aromatic rings. The molecule has 0 bridgehead atoms. The molecule has 0 radical (unpaired) electrons. The third-order valence-electron chi connectivity index (χ3n) is 2.31. The van der Waals surface area contributed by atoms with Gasteiger partial charge in [-0.3, -0.25) is 0 Å². The minimum atomic E-state index is -0.0503. The van der Waals surface area contributed by atoms with Crippen LogP contribution >= 0.6 is 23.4 Å². The average Bonchev–Trinajstić information content (AvgIpc) is 2.77. The summed E-state index contributed by atoms with van der Waals surface area (Å²) in [6.07, 6.45) is 0.679. The Bertz CT molecular complexity index is 395. The first-order chi connectivity index (χ1) is 8.28. The van der Waals surface area contributed by atoms with Crippen molar-refractivity contribution in [2.75, 3.05) is 13.2 Å². The zero-order valence-corrected chi connectivity index (χ0v) is 10.5. The van der Waals surface area contributed by atoms with Crippen LogP contribution in [0.1, 0.15) is 6.42 Å². The maximum Gasteiger partial charge on any atom is 0.166 e. The molecular weight excluding hydrogens is 263 g/mol. The number of rotatable bonds is 5. The van der Waals surface area contributed by atoms with Gasteiger partial charge in [-0.25, -0.2) is 4.84 Å². The van der Waals surface area contributed by atoms with Gasteiger partial charge in [-0.05, 0) is 36.0 Å². The van der Waals surface area contributed by atoms with Crippen LogP contribution in [-0.4, -0.2) is 25.0 Å². The number of nitrogens with one attached hydrogen (secondary N) is 1. The molecule has 2 rings (SSSR count). The molecule has 0 saturated carbocycles. The van der Waals surface area contributed by atoms with E-state index in [9.17, 15) is 0 Å². The summed E-state index contributed by atoms with van der Waals surface area (Å²) in [7, 11) is 0. The molecule has 0 amide bonds. The molecule has 1 aliphatic heterocycles. The van der Waals surface area contributed by atoms with E-state index in [1.54, 1.807) is 12.1 Å². The normalized spacial score (nSPS) is 18.7. The van der Waals surface area contributed by atoms with Gasteiger partial charge in [0.25, 0.3) is 0 Å². The van der Waals surface area contributed by atoms with Crippen LogP contribution in [0.3, 0.4) is 0 Å². The third-order valence-corrected chi connectivity index (χ3v) is 2.70. The molecular formula is C11H12Cl2N2O2. The molecule has 1 aromatic carbocycles. The smallest absolute Gasteiger partial charge is 0.166 e. The highest BCUT2D eigenvalue weighted by molar-refractivity contribution is 6.30. The molecule has 0 fully saturated rings. The standard InChI is InChI=1S/C11H12Cl2N2O2/c12-8-1-3-10(4-2-8)16-7-11-5-9(6-14-13)15-17-11/h1-4,11,14H,5-7H2. The molecule has 1 N–H and O–H groups in total. The maximum absolute atomic E-state index is 5.77. The van der Waals surface area contributed by atoms with Crippen molar-refractivity contribution in [1.82, 2.24) is 4.84 Å². The molecule has 1 heterocycles. The van der Waals surface area contributed by atoms with E-state index in [0.717, 1.165) is 17.9 Å². The summed E-state index contributed by atoms with van der Waals surface area (Å²) in [4.78, 5) is 7.72. The van der Waals surface area contributed by atoms with Gasteiger partial charge in [0.1, 0.15) is 12.4 Å². The zero-order valence-electron chi connectivity index (χ0n) is 9.03. The maximum atomic E-state index is 5.77. The Morgan fingerprint density at radius 2 is 2.18 bits per heavy atom. The van der Waals surface area contributed by atoms with Crippen molar-refractivity contribution < 1.29 is 9.57 Å². The molecule has 92 valence electrons. The van der Waals surface area contributed by atoms with Crippen LogP contribution in [0.4, 0.5) is 0 Å². The molecule has 1 unspecified atom stereocenters. The van der Waals surface area contributed by atoms with E-state index in [0.29, 0.717) is 18.2 Å². The van der Waals surface area contributed by atoms with E-state index in [2.05, 4.69) is 9.99 Å². The van der Waals surface area contributed by atoms with Crippen LogP contribution in [0, 0.1) is 0 Å². The van der Waals surface area contributed by atoms with Crippen LogP contribution < -0.4 is 9.57 Å². The highest BCUT2D eigenvalue weighted by atomic mass is 35.5. The molecule has 17 heavy (non-hydrogen) atoms. The molecule has 0 spiro atoms. The second-order valence-corrected chi connectivity index (χ2v) is 4.37. The Hall–Kier alpha value is -0.970. The number of halogens is 2. The van der Waals surface area contributed by atoms with Crippen molar-refractivity contribution in [1.29, 1.82) is 0 Å². The van der Waals surface area contributed by atoms with Crippen molar-refractivity contribution in [3.05, 3.63) is 29.3 Å². The lowest BCUT2D eigenvalue weighted by Crippen LogP contribution is -2.20. The summed E-state index contributed by atoms with van der Waals surface area (Å²) >= 11 is 11.2. The summed E-state index contributed by atoms with van der Waals surface area (Å²) in [6, 6.07) is 7.20. The van der Waals surface area contributed by atoms with Crippen molar-refractivity contribution in [3.8, 4) is 5.75 Å². The van der Waals surface area contributed by atoms with E-state index in [1.807, 2.05) is 12.1 Å². The van der Waals surface area contributed by atoms with Crippen LogP contribution in [0.15, 0.2) is 29.4 Å². The van der Waals surface area contributed by atoms with Gasteiger partial charge in [-0.1, -0.05) is 16.8 Å². The minimum Gasteiger partial charge on any atom is -0.490 e. The summed E-state index contributed by atoms with van der Waals surface area (Å²) in [6.45, 7) is 0.982. The van der Waals surface area contributed by atoms with Gasteiger partial charge in [0.2, 0.25) is 0 Å². The topological polar surface area (TPSA) is 42.9 Å².